The Kier molecular flexibility index (Phi) is 5.07. The van der Waals surface area contributed by atoms with Crippen LogP contribution < -0.4 is 0 Å². The van der Waals surface area contributed by atoms with Crippen LogP contribution in [0.15, 0.2) is 30.3 Å². The molecular formula is C20H30N2O3. The van der Waals surface area contributed by atoms with Crippen molar-refractivity contribution < 1.29 is 14.6 Å². The normalized spacial score (nSPS) is 23.8. The van der Waals surface area contributed by atoms with Crippen LogP contribution in [-0.2, 0) is 11.3 Å². The van der Waals surface area contributed by atoms with Crippen molar-refractivity contribution in [2.45, 2.75) is 63.8 Å². The number of carbonyl (C=O) groups is 1. The van der Waals surface area contributed by atoms with E-state index in [1.165, 1.54) is 5.56 Å². The van der Waals surface area contributed by atoms with E-state index >= 15 is 0 Å². The molecule has 2 saturated heterocycles. The van der Waals surface area contributed by atoms with Gasteiger partial charge in [0, 0.05) is 31.7 Å². The van der Waals surface area contributed by atoms with Crippen molar-refractivity contribution in [2.75, 3.05) is 19.6 Å². The number of hydrogen-bond donors (Lipinski definition) is 1. The quantitative estimate of drug-likeness (QED) is 0.894. The second-order valence-electron chi connectivity index (χ2n) is 8.42. The summed E-state index contributed by atoms with van der Waals surface area (Å²) in [4.78, 5) is 16.5. The maximum Gasteiger partial charge on any atom is 0.410 e. The molecule has 25 heavy (non-hydrogen) atoms. The molecule has 5 heteroatoms. The van der Waals surface area contributed by atoms with Crippen molar-refractivity contribution >= 4 is 6.09 Å². The summed E-state index contributed by atoms with van der Waals surface area (Å²) in [6.45, 7) is 8.62. The van der Waals surface area contributed by atoms with Gasteiger partial charge in [-0.1, -0.05) is 30.3 Å². The van der Waals surface area contributed by atoms with Gasteiger partial charge in [-0.25, -0.2) is 4.79 Å². The molecule has 1 aromatic rings. The first-order valence-electron chi connectivity index (χ1n) is 9.22. The molecule has 1 atom stereocenters. The zero-order chi connectivity index (χ0) is 18.1. The number of aliphatic hydroxyl groups is 1. The van der Waals surface area contributed by atoms with Gasteiger partial charge in [0.25, 0.3) is 0 Å². The summed E-state index contributed by atoms with van der Waals surface area (Å²) >= 11 is 0. The summed E-state index contributed by atoms with van der Waals surface area (Å²) < 4.78 is 5.50. The minimum Gasteiger partial charge on any atom is -0.444 e. The third kappa shape index (κ3) is 4.33. The maximum absolute atomic E-state index is 12.3. The van der Waals surface area contributed by atoms with Crippen molar-refractivity contribution in [3.8, 4) is 0 Å². The number of hydrogen-bond acceptors (Lipinski definition) is 4. The van der Waals surface area contributed by atoms with Crippen molar-refractivity contribution in [3.63, 3.8) is 0 Å². The van der Waals surface area contributed by atoms with E-state index in [0.717, 1.165) is 25.8 Å². The van der Waals surface area contributed by atoms with Crippen LogP contribution in [0.3, 0.4) is 0 Å². The van der Waals surface area contributed by atoms with Crippen molar-refractivity contribution in [2.24, 2.45) is 0 Å². The Hall–Kier alpha value is -1.59. The van der Waals surface area contributed by atoms with Gasteiger partial charge >= 0.3 is 6.09 Å². The first kappa shape index (κ1) is 18.2. The van der Waals surface area contributed by atoms with E-state index in [1.807, 2.05) is 31.7 Å². The monoisotopic (exact) mass is 346 g/mol. The predicted octanol–water partition coefficient (Wildman–Crippen LogP) is 3.02. The molecule has 2 aliphatic rings. The van der Waals surface area contributed by atoms with Gasteiger partial charge < -0.3 is 14.7 Å². The number of aliphatic hydroxyl groups excluding tert-OH is 1. The summed E-state index contributed by atoms with van der Waals surface area (Å²) in [5, 5.41) is 10.3. The minimum atomic E-state index is -0.463. The molecule has 1 aromatic carbocycles. The summed E-state index contributed by atoms with van der Waals surface area (Å²) in [6, 6.07) is 10.4. The van der Waals surface area contributed by atoms with Crippen LogP contribution in [0, 0.1) is 0 Å². The zero-order valence-corrected chi connectivity index (χ0v) is 15.6. The van der Waals surface area contributed by atoms with Gasteiger partial charge in [-0.15, -0.1) is 0 Å². The molecule has 5 nitrogen and oxygen atoms in total. The predicted molar refractivity (Wildman–Crippen MR) is 97.2 cm³/mol. The summed E-state index contributed by atoms with van der Waals surface area (Å²) in [5.41, 5.74) is 0.800. The van der Waals surface area contributed by atoms with E-state index in [9.17, 15) is 9.90 Å². The zero-order valence-electron chi connectivity index (χ0n) is 15.6. The summed E-state index contributed by atoms with van der Waals surface area (Å²) in [6.07, 6.45) is 2.06. The average molecular weight is 346 g/mol. The Balaban J connectivity index is 1.64. The number of amides is 1. The fourth-order valence-corrected chi connectivity index (χ4v) is 4.07. The summed E-state index contributed by atoms with van der Waals surface area (Å²) in [5.74, 6) is 0. The van der Waals surface area contributed by atoms with Gasteiger partial charge in [0.15, 0.2) is 0 Å². The van der Waals surface area contributed by atoms with E-state index in [4.69, 9.17) is 4.74 Å². The lowest BCUT2D eigenvalue weighted by molar-refractivity contribution is 0.00157. The number of carbonyl (C=O) groups excluding carboxylic acids is 1. The van der Waals surface area contributed by atoms with Gasteiger partial charge in [-0.2, -0.15) is 0 Å². The summed E-state index contributed by atoms with van der Waals surface area (Å²) in [7, 11) is 0. The average Bonchev–Trinajstić information content (AvgIpc) is 2.82. The molecule has 2 heterocycles. The lowest BCUT2D eigenvalue weighted by Crippen LogP contribution is -2.53. The highest BCUT2D eigenvalue weighted by atomic mass is 16.6. The van der Waals surface area contributed by atoms with E-state index in [1.54, 1.807) is 0 Å². The lowest BCUT2D eigenvalue weighted by atomic mass is 9.84. The number of β-amino-alcohol motifs (C(OH)–C–C–N with tert-alkyl or cyclic N) is 1. The fourth-order valence-electron chi connectivity index (χ4n) is 4.07. The molecule has 0 radical (unpaired) electrons. The Morgan fingerprint density at radius 1 is 1.24 bits per heavy atom. The van der Waals surface area contributed by atoms with Crippen molar-refractivity contribution in [1.82, 2.24) is 9.80 Å². The minimum absolute atomic E-state index is 0.00618. The standard InChI is InChI=1S/C20H30N2O3/c1-19(2,3)25-18(24)21-11-9-20(10-12-21)13-17(23)15-22(20)14-16-7-5-4-6-8-16/h4-8,17,23H,9-15H2,1-3H3. The molecule has 0 aromatic heterocycles. The molecule has 0 aliphatic carbocycles. The molecule has 2 aliphatic heterocycles. The van der Waals surface area contributed by atoms with Gasteiger partial charge in [0.05, 0.1) is 6.10 Å². The van der Waals surface area contributed by atoms with E-state index in [2.05, 4.69) is 29.2 Å². The third-order valence-electron chi connectivity index (χ3n) is 5.28. The topological polar surface area (TPSA) is 53.0 Å². The van der Waals surface area contributed by atoms with Crippen LogP contribution in [-0.4, -0.2) is 57.9 Å². The van der Waals surface area contributed by atoms with Crippen LogP contribution in [0.4, 0.5) is 4.79 Å². The van der Waals surface area contributed by atoms with Gasteiger partial charge in [0.2, 0.25) is 0 Å². The number of rotatable bonds is 2. The first-order chi connectivity index (χ1) is 11.8. The SMILES string of the molecule is CC(C)(C)OC(=O)N1CCC2(CC1)CC(O)CN2Cc1ccccc1. The smallest absolute Gasteiger partial charge is 0.410 e. The third-order valence-corrected chi connectivity index (χ3v) is 5.28. The number of ether oxygens (including phenoxy) is 1. The van der Waals surface area contributed by atoms with Crippen LogP contribution in [0.5, 0.6) is 0 Å². The Morgan fingerprint density at radius 3 is 2.48 bits per heavy atom. The number of piperidine rings is 1. The molecule has 2 fully saturated rings. The molecule has 1 amide bonds. The molecule has 1 unspecified atom stereocenters. The van der Waals surface area contributed by atoms with Crippen molar-refractivity contribution in [3.05, 3.63) is 35.9 Å². The van der Waals surface area contributed by atoms with Gasteiger partial charge in [-0.3, -0.25) is 4.90 Å². The molecule has 1 spiro atoms. The first-order valence-corrected chi connectivity index (χ1v) is 9.22. The molecule has 0 bridgehead atoms. The molecule has 138 valence electrons. The second-order valence-corrected chi connectivity index (χ2v) is 8.42. The second kappa shape index (κ2) is 6.96. The van der Waals surface area contributed by atoms with Gasteiger partial charge in [0.1, 0.15) is 5.60 Å². The number of benzene rings is 1. The highest BCUT2D eigenvalue weighted by Crippen LogP contribution is 2.39. The van der Waals surface area contributed by atoms with Crippen molar-refractivity contribution in [1.29, 1.82) is 0 Å². The van der Waals surface area contributed by atoms with Crippen LogP contribution in [0.1, 0.15) is 45.6 Å². The largest absolute Gasteiger partial charge is 0.444 e. The Bertz CT molecular complexity index is 589. The molecule has 0 saturated carbocycles. The van der Waals surface area contributed by atoms with E-state index in [-0.39, 0.29) is 17.7 Å². The lowest BCUT2D eigenvalue weighted by Gasteiger charge is -2.45. The van der Waals surface area contributed by atoms with Crippen LogP contribution in [0.25, 0.3) is 0 Å². The molecular weight excluding hydrogens is 316 g/mol. The van der Waals surface area contributed by atoms with Crippen LogP contribution in [0.2, 0.25) is 0 Å². The number of likely N-dealkylation sites (tertiary alicyclic amines) is 2. The maximum atomic E-state index is 12.3. The highest BCUT2D eigenvalue weighted by Gasteiger charge is 2.47. The van der Waals surface area contributed by atoms with E-state index in [0.29, 0.717) is 19.6 Å². The van der Waals surface area contributed by atoms with E-state index < -0.39 is 5.60 Å². The Labute approximate surface area is 150 Å². The Morgan fingerprint density at radius 2 is 1.88 bits per heavy atom. The fraction of sp³-hybridized carbons (Fsp3) is 0.650. The number of nitrogens with zero attached hydrogens (tertiary/aromatic N) is 2. The van der Waals surface area contributed by atoms with Crippen LogP contribution >= 0.6 is 0 Å². The molecule has 1 N–H and O–H groups in total. The molecule has 3 rings (SSSR count). The highest BCUT2D eigenvalue weighted by molar-refractivity contribution is 5.68. The van der Waals surface area contributed by atoms with Gasteiger partial charge in [-0.05, 0) is 45.6 Å².